The molecule has 0 aliphatic rings. The number of rotatable bonds is 7. The number of nitrogens with zero attached hydrogens (tertiary/aromatic N) is 2. The average molecular weight is 327 g/mol. The zero-order valence-corrected chi connectivity index (χ0v) is 13.6. The zero-order chi connectivity index (χ0) is 17.5. The van der Waals surface area contributed by atoms with Gasteiger partial charge in [-0.05, 0) is 25.0 Å². The summed E-state index contributed by atoms with van der Waals surface area (Å²) in [5.74, 6) is -0.237. The third-order valence-corrected chi connectivity index (χ3v) is 3.85. The number of nitrogens with two attached hydrogens (primary N) is 1. The fraction of sp³-hybridized carbons (Fsp3) is 0.278. The molecule has 6 heteroatoms. The van der Waals surface area contributed by atoms with Crippen LogP contribution < -0.4 is 5.73 Å². The van der Waals surface area contributed by atoms with Gasteiger partial charge < -0.3 is 10.6 Å². The Morgan fingerprint density at radius 2 is 1.88 bits per heavy atom. The molecule has 0 saturated carbocycles. The second-order valence-corrected chi connectivity index (χ2v) is 5.57. The van der Waals surface area contributed by atoms with Crippen LogP contribution in [-0.4, -0.2) is 35.4 Å². The standard InChI is InChI=1S/C18H21N3O3/c1-14-7-8-16(13-17(14)21(23)24)18(22)20(12-10-19)11-9-15-5-3-2-4-6-15/h2-8,13H,9-12,19H2,1H3. The van der Waals surface area contributed by atoms with Gasteiger partial charge >= 0.3 is 0 Å². The molecule has 0 fully saturated rings. The molecule has 0 spiro atoms. The molecular weight excluding hydrogens is 306 g/mol. The van der Waals surface area contributed by atoms with E-state index in [2.05, 4.69) is 0 Å². The van der Waals surface area contributed by atoms with Crippen molar-refractivity contribution in [3.8, 4) is 0 Å². The van der Waals surface area contributed by atoms with Crippen molar-refractivity contribution in [3.05, 3.63) is 75.3 Å². The van der Waals surface area contributed by atoms with E-state index in [1.807, 2.05) is 30.3 Å². The Labute approximate surface area is 141 Å². The molecule has 0 unspecified atom stereocenters. The minimum absolute atomic E-state index is 0.0448. The second-order valence-electron chi connectivity index (χ2n) is 5.57. The molecule has 0 atom stereocenters. The van der Waals surface area contributed by atoms with Crippen LogP contribution in [0.25, 0.3) is 0 Å². The summed E-state index contributed by atoms with van der Waals surface area (Å²) in [5, 5.41) is 11.1. The number of carbonyl (C=O) groups is 1. The first-order valence-corrected chi connectivity index (χ1v) is 7.81. The van der Waals surface area contributed by atoms with Gasteiger partial charge in [0.1, 0.15) is 0 Å². The van der Waals surface area contributed by atoms with E-state index in [0.717, 1.165) is 5.56 Å². The van der Waals surface area contributed by atoms with Gasteiger partial charge in [0.15, 0.2) is 0 Å². The average Bonchev–Trinajstić information content (AvgIpc) is 2.59. The van der Waals surface area contributed by atoms with Crippen LogP contribution in [0.4, 0.5) is 5.69 Å². The van der Waals surface area contributed by atoms with Crippen LogP contribution in [0.3, 0.4) is 0 Å². The van der Waals surface area contributed by atoms with Crippen LogP contribution >= 0.6 is 0 Å². The van der Waals surface area contributed by atoms with Gasteiger partial charge in [-0.2, -0.15) is 0 Å². The second kappa shape index (κ2) is 8.21. The molecule has 0 radical (unpaired) electrons. The largest absolute Gasteiger partial charge is 0.337 e. The number of aryl methyl sites for hydroxylation is 1. The first kappa shape index (κ1) is 17.6. The molecule has 24 heavy (non-hydrogen) atoms. The molecule has 0 aliphatic heterocycles. The number of nitro benzene ring substituents is 1. The van der Waals surface area contributed by atoms with E-state index in [0.29, 0.717) is 37.2 Å². The molecular formula is C18H21N3O3. The van der Waals surface area contributed by atoms with Gasteiger partial charge in [0.2, 0.25) is 0 Å². The summed E-state index contributed by atoms with van der Waals surface area (Å²) in [4.78, 5) is 24.9. The quantitative estimate of drug-likeness (QED) is 0.625. The Morgan fingerprint density at radius 1 is 1.17 bits per heavy atom. The Bertz CT molecular complexity index is 717. The lowest BCUT2D eigenvalue weighted by molar-refractivity contribution is -0.385. The Balaban J connectivity index is 2.16. The summed E-state index contributed by atoms with van der Waals surface area (Å²) in [6, 6.07) is 14.4. The maximum absolute atomic E-state index is 12.7. The smallest absolute Gasteiger partial charge is 0.273 e. The van der Waals surface area contributed by atoms with E-state index in [1.165, 1.54) is 6.07 Å². The number of hydrogen-bond acceptors (Lipinski definition) is 4. The lowest BCUT2D eigenvalue weighted by Gasteiger charge is -2.22. The summed E-state index contributed by atoms with van der Waals surface area (Å²) in [5.41, 5.74) is 7.54. The van der Waals surface area contributed by atoms with Crippen LogP contribution in [0.1, 0.15) is 21.5 Å². The summed E-state index contributed by atoms with van der Waals surface area (Å²) >= 11 is 0. The fourth-order valence-electron chi connectivity index (χ4n) is 2.50. The fourth-order valence-corrected chi connectivity index (χ4v) is 2.50. The molecule has 0 aromatic heterocycles. The van der Waals surface area contributed by atoms with Gasteiger partial charge in [-0.3, -0.25) is 14.9 Å². The monoisotopic (exact) mass is 327 g/mol. The van der Waals surface area contributed by atoms with Gasteiger partial charge in [0, 0.05) is 36.8 Å². The van der Waals surface area contributed by atoms with Gasteiger partial charge in [-0.1, -0.05) is 36.4 Å². The summed E-state index contributed by atoms with van der Waals surface area (Å²) in [6.07, 6.45) is 0.709. The summed E-state index contributed by atoms with van der Waals surface area (Å²) < 4.78 is 0. The zero-order valence-electron chi connectivity index (χ0n) is 13.6. The topological polar surface area (TPSA) is 89.5 Å². The van der Waals surface area contributed by atoms with Crippen LogP contribution in [-0.2, 0) is 6.42 Å². The molecule has 0 saturated heterocycles. The highest BCUT2D eigenvalue weighted by atomic mass is 16.6. The van der Waals surface area contributed by atoms with Gasteiger partial charge in [0.25, 0.3) is 11.6 Å². The highest BCUT2D eigenvalue weighted by molar-refractivity contribution is 5.95. The molecule has 0 aliphatic carbocycles. The van der Waals surface area contributed by atoms with E-state index in [4.69, 9.17) is 5.73 Å². The lowest BCUT2D eigenvalue weighted by Crippen LogP contribution is -2.37. The minimum Gasteiger partial charge on any atom is -0.337 e. The number of amides is 1. The third-order valence-electron chi connectivity index (χ3n) is 3.85. The van der Waals surface area contributed by atoms with E-state index >= 15 is 0 Å². The van der Waals surface area contributed by atoms with Crippen LogP contribution in [0.5, 0.6) is 0 Å². The van der Waals surface area contributed by atoms with E-state index in [1.54, 1.807) is 24.0 Å². The minimum atomic E-state index is -0.469. The number of benzene rings is 2. The third kappa shape index (κ3) is 4.39. The van der Waals surface area contributed by atoms with Crippen molar-refractivity contribution in [2.75, 3.05) is 19.6 Å². The van der Waals surface area contributed by atoms with E-state index in [-0.39, 0.29) is 11.6 Å². The number of nitro groups is 1. The summed E-state index contributed by atoms with van der Waals surface area (Å²) in [6.45, 7) is 2.92. The van der Waals surface area contributed by atoms with Crippen molar-refractivity contribution < 1.29 is 9.72 Å². The highest BCUT2D eigenvalue weighted by Crippen LogP contribution is 2.20. The Kier molecular flexibility index (Phi) is 6.03. The molecule has 126 valence electrons. The molecule has 1 amide bonds. The predicted molar refractivity (Wildman–Crippen MR) is 92.9 cm³/mol. The molecule has 0 heterocycles. The highest BCUT2D eigenvalue weighted by Gasteiger charge is 2.19. The molecule has 2 rings (SSSR count). The number of carbonyl (C=O) groups excluding carboxylic acids is 1. The van der Waals surface area contributed by atoms with E-state index < -0.39 is 4.92 Å². The van der Waals surface area contributed by atoms with Crippen molar-refractivity contribution in [3.63, 3.8) is 0 Å². The van der Waals surface area contributed by atoms with Gasteiger partial charge in [0.05, 0.1) is 4.92 Å². The van der Waals surface area contributed by atoms with Crippen LogP contribution in [0, 0.1) is 17.0 Å². The van der Waals surface area contributed by atoms with Crippen molar-refractivity contribution in [2.45, 2.75) is 13.3 Å². The molecule has 2 aromatic carbocycles. The maximum atomic E-state index is 12.7. The number of hydrogen-bond donors (Lipinski definition) is 1. The van der Waals surface area contributed by atoms with Crippen LogP contribution in [0.15, 0.2) is 48.5 Å². The van der Waals surface area contributed by atoms with Gasteiger partial charge in [-0.15, -0.1) is 0 Å². The van der Waals surface area contributed by atoms with Crippen molar-refractivity contribution in [1.82, 2.24) is 4.90 Å². The normalized spacial score (nSPS) is 10.4. The first-order chi connectivity index (χ1) is 11.5. The van der Waals surface area contributed by atoms with E-state index in [9.17, 15) is 14.9 Å². The first-order valence-electron chi connectivity index (χ1n) is 7.81. The molecule has 0 bridgehead atoms. The molecule has 6 nitrogen and oxygen atoms in total. The van der Waals surface area contributed by atoms with Crippen molar-refractivity contribution in [2.24, 2.45) is 5.73 Å². The van der Waals surface area contributed by atoms with Crippen LogP contribution in [0.2, 0.25) is 0 Å². The van der Waals surface area contributed by atoms with Crippen molar-refractivity contribution >= 4 is 11.6 Å². The predicted octanol–water partition coefficient (Wildman–Crippen LogP) is 2.55. The molecule has 2 aromatic rings. The Morgan fingerprint density at radius 3 is 2.50 bits per heavy atom. The van der Waals surface area contributed by atoms with Gasteiger partial charge in [-0.25, -0.2) is 0 Å². The SMILES string of the molecule is Cc1ccc(C(=O)N(CCN)CCc2ccccc2)cc1[N+](=O)[O-]. The molecule has 2 N–H and O–H groups in total. The maximum Gasteiger partial charge on any atom is 0.273 e. The van der Waals surface area contributed by atoms with Crippen molar-refractivity contribution in [1.29, 1.82) is 0 Å². The lowest BCUT2D eigenvalue weighted by atomic mass is 10.1. The Hall–Kier alpha value is -2.73. The summed E-state index contributed by atoms with van der Waals surface area (Å²) in [7, 11) is 0.